The molecule has 26 heavy (non-hydrogen) atoms. The van der Waals surface area contributed by atoms with E-state index in [1.807, 2.05) is 18.2 Å². The second-order valence-electron chi connectivity index (χ2n) is 6.01. The molecule has 0 atom stereocenters. The number of imidazole rings is 1. The number of hydrogen-bond donors (Lipinski definition) is 4. The number of rotatable bonds is 2. The topological polar surface area (TPSA) is 133 Å². The molecule has 0 bridgehead atoms. The Bertz CT molecular complexity index is 786. The third kappa shape index (κ3) is 4.69. The first-order chi connectivity index (χ1) is 11.8. The summed E-state index contributed by atoms with van der Waals surface area (Å²) in [6.07, 6.45) is 5.91. The summed E-state index contributed by atoms with van der Waals surface area (Å²) in [5, 5.41) is 0. The molecule has 3 aromatic rings. The maximum Gasteiger partial charge on any atom is 0.181 e. The van der Waals surface area contributed by atoms with Crippen molar-refractivity contribution in [1.29, 1.82) is 0 Å². The molecule has 1 saturated carbocycles. The minimum atomic E-state index is 0. The smallest absolute Gasteiger partial charge is 0.181 e. The van der Waals surface area contributed by atoms with Crippen molar-refractivity contribution in [2.45, 2.75) is 37.6 Å². The lowest BCUT2D eigenvalue weighted by atomic mass is 9.86. The number of aromatic nitrogens is 4. The first-order valence-electron chi connectivity index (χ1n) is 8.16. The predicted molar refractivity (Wildman–Crippen MR) is 109 cm³/mol. The number of nitrogens with zero attached hydrogens (tertiary/aromatic N) is 3. The molecule has 1 aromatic carbocycles. The molecule has 2 aromatic heterocycles. The van der Waals surface area contributed by atoms with E-state index in [1.165, 1.54) is 0 Å². The van der Waals surface area contributed by atoms with Crippen molar-refractivity contribution in [3.05, 3.63) is 42.5 Å². The Morgan fingerprint density at radius 2 is 1.58 bits per heavy atom. The van der Waals surface area contributed by atoms with E-state index in [0.717, 1.165) is 53.9 Å². The van der Waals surface area contributed by atoms with Crippen LogP contribution < -0.4 is 17.4 Å². The summed E-state index contributed by atoms with van der Waals surface area (Å²) < 4.78 is 0. The molecule has 2 heterocycles. The molecule has 0 saturated heterocycles. The first-order valence-corrected chi connectivity index (χ1v) is 8.16. The minimum absolute atomic E-state index is 0. The van der Waals surface area contributed by atoms with E-state index in [9.17, 15) is 0 Å². The van der Waals surface area contributed by atoms with Crippen molar-refractivity contribution >= 4 is 36.0 Å². The zero-order valence-electron chi connectivity index (χ0n) is 14.3. The highest BCUT2D eigenvalue weighted by molar-refractivity contribution is 5.87. The molecule has 0 unspecified atom stereocenters. The van der Waals surface area contributed by atoms with Crippen molar-refractivity contribution in [2.75, 3.05) is 0 Å². The number of nitrogens with two attached hydrogens (primary N) is 3. The van der Waals surface area contributed by atoms with Gasteiger partial charge in [-0.25, -0.2) is 15.0 Å². The van der Waals surface area contributed by atoms with Gasteiger partial charge in [0.05, 0.1) is 12.0 Å². The quantitative estimate of drug-likeness (QED) is 0.388. The van der Waals surface area contributed by atoms with Gasteiger partial charge < -0.3 is 10.7 Å². The van der Waals surface area contributed by atoms with Gasteiger partial charge in [-0.05, 0) is 25.7 Å². The Hall–Kier alpha value is -1.77. The maximum atomic E-state index is 6.01. The highest BCUT2D eigenvalue weighted by Crippen LogP contribution is 2.33. The molecule has 1 fully saturated rings. The number of halogens is 2. The molecule has 0 radical (unpaired) electrons. The number of aromatic amines is 1. The normalized spacial score (nSPS) is 18.9. The van der Waals surface area contributed by atoms with Gasteiger partial charge in [0.25, 0.3) is 0 Å². The molecule has 0 spiro atoms. The van der Waals surface area contributed by atoms with Crippen molar-refractivity contribution in [3.8, 4) is 11.3 Å². The van der Waals surface area contributed by atoms with Crippen LogP contribution in [0.1, 0.15) is 37.4 Å². The number of nitrogens with one attached hydrogen (secondary N) is 1. The van der Waals surface area contributed by atoms with Crippen LogP contribution in [0, 0.1) is 0 Å². The molecule has 7 N–H and O–H groups in total. The molecular formula is C17H25Cl2N7. The van der Waals surface area contributed by atoms with Crippen LogP contribution in [0.4, 0.5) is 0 Å². The van der Waals surface area contributed by atoms with Crippen molar-refractivity contribution in [3.63, 3.8) is 0 Å². The summed E-state index contributed by atoms with van der Waals surface area (Å²) >= 11 is 0. The molecule has 4 rings (SSSR count). The molecular weight excluding hydrogens is 373 g/mol. The van der Waals surface area contributed by atoms with Crippen LogP contribution in [0.25, 0.3) is 22.4 Å². The fraction of sp³-hybridized carbons (Fsp3) is 0.353. The molecule has 0 aliphatic heterocycles. The third-order valence-corrected chi connectivity index (χ3v) is 4.49. The van der Waals surface area contributed by atoms with E-state index in [-0.39, 0.29) is 24.8 Å². The SMILES string of the molecule is Cl.Cl.NC1CCC(c2nc(-c3ccccc3)c3[nH]cnc3n2)CC1.NN. The summed E-state index contributed by atoms with van der Waals surface area (Å²) in [5.41, 5.74) is 9.69. The van der Waals surface area contributed by atoms with E-state index in [2.05, 4.69) is 38.8 Å². The van der Waals surface area contributed by atoms with Gasteiger partial charge >= 0.3 is 0 Å². The maximum absolute atomic E-state index is 6.01. The highest BCUT2D eigenvalue weighted by Gasteiger charge is 2.24. The highest BCUT2D eigenvalue weighted by atomic mass is 35.5. The van der Waals surface area contributed by atoms with Crippen LogP contribution in [0.3, 0.4) is 0 Å². The van der Waals surface area contributed by atoms with Crippen LogP contribution in [0.15, 0.2) is 36.7 Å². The Kier molecular flexibility index (Phi) is 8.91. The number of hydrogen-bond acceptors (Lipinski definition) is 6. The van der Waals surface area contributed by atoms with Crippen LogP contribution in [0.2, 0.25) is 0 Å². The van der Waals surface area contributed by atoms with Gasteiger partial charge in [0.2, 0.25) is 0 Å². The summed E-state index contributed by atoms with van der Waals surface area (Å²) in [6, 6.07) is 10.5. The first kappa shape index (κ1) is 22.3. The number of benzene rings is 1. The van der Waals surface area contributed by atoms with Crippen molar-refractivity contribution in [2.24, 2.45) is 17.4 Å². The Morgan fingerprint density at radius 3 is 2.23 bits per heavy atom. The molecule has 0 amide bonds. The van der Waals surface area contributed by atoms with E-state index in [4.69, 9.17) is 10.7 Å². The lowest BCUT2D eigenvalue weighted by Gasteiger charge is -2.25. The third-order valence-electron chi connectivity index (χ3n) is 4.49. The van der Waals surface area contributed by atoms with Gasteiger partial charge in [-0.2, -0.15) is 0 Å². The van der Waals surface area contributed by atoms with Crippen LogP contribution >= 0.6 is 24.8 Å². The van der Waals surface area contributed by atoms with Gasteiger partial charge in [-0.15, -0.1) is 24.8 Å². The second-order valence-corrected chi connectivity index (χ2v) is 6.01. The molecule has 142 valence electrons. The van der Waals surface area contributed by atoms with Crippen molar-refractivity contribution in [1.82, 2.24) is 19.9 Å². The van der Waals surface area contributed by atoms with Crippen LogP contribution in [-0.2, 0) is 0 Å². The summed E-state index contributed by atoms with van der Waals surface area (Å²) in [7, 11) is 0. The largest absolute Gasteiger partial charge is 0.341 e. The molecule has 1 aliphatic carbocycles. The molecule has 9 heteroatoms. The van der Waals surface area contributed by atoms with Gasteiger partial charge in [0.15, 0.2) is 5.65 Å². The predicted octanol–water partition coefficient (Wildman–Crippen LogP) is 2.67. The summed E-state index contributed by atoms with van der Waals surface area (Å²) in [4.78, 5) is 17.1. The Labute approximate surface area is 165 Å². The number of hydrazine groups is 1. The monoisotopic (exact) mass is 397 g/mol. The number of fused-ring (bicyclic) bond motifs is 1. The summed E-state index contributed by atoms with van der Waals surface area (Å²) in [6.45, 7) is 0. The van der Waals surface area contributed by atoms with E-state index >= 15 is 0 Å². The summed E-state index contributed by atoms with van der Waals surface area (Å²) in [5.74, 6) is 9.30. The van der Waals surface area contributed by atoms with Crippen LogP contribution in [0.5, 0.6) is 0 Å². The minimum Gasteiger partial charge on any atom is -0.341 e. The zero-order valence-corrected chi connectivity index (χ0v) is 16.0. The van der Waals surface area contributed by atoms with Crippen molar-refractivity contribution < 1.29 is 0 Å². The Balaban J connectivity index is 0.000000818. The van der Waals surface area contributed by atoms with Crippen LogP contribution in [-0.4, -0.2) is 26.0 Å². The molecule has 7 nitrogen and oxygen atoms in total. The average Bonchev–Trinajstić information content (AvgIpc) is 3.12. The fourth-order valence-electron chi connectivity index (χ4n) is 3.21. The lowest BCUT2D eigenvalue weighted by Crippen LogP contribution is -2.26. The van der Waals surface area contributed by atoms with Gasteiger partial charge in [0.1, 0.15) is 11.3 Å². The van der Waals surface area contributed by atoms with Gasteiger partial charge in [-0.3, -0.25) is 11.7 Å². The van der Waals surface area contributed by atoms with Gasteiger partial charge in [0, 0.05) is 17.5 Å². The standard InChI is InChI=1S/C17H19N5.2ClH.H4N2/c18-13-8-6-12(7-9-13)16-21-14(11-4-2-1-3-5-11)15-17(22-16)20-10-19-15;;;1-2/h1-5,10,12-13H,6-9,18H2,(H,19,20,21,22);2*1H;1-2H2. The molecule has 1 aliphatic rings. The zero-order chi connectivity index (χ0) is 16.9. The lowest BCUT2D eigenvalue weighted by molar-refractivity contribution is 0.385. The second kappa shape index (κ2) is 10.4. The number of H-pyrrole nitrogens is 1. The average molecular weight is 398 g/mol. The fourth-order valence-corrected chi connectivity index (χ4v) is 3.21. The van der Waals surface area contributed by atoms with E-state index < -0.39 is 0 Å². The van der Waals surface area contributed by atoms with E-state index in [1.54, 1.807) is 6.33 Å². The Morgan fingerprint density at radius 1 is 0.923 bits per heavy atom. The van der Waals surface area contributed by atoms with E-state index in [0.29, 0.717) is 12.0 Å². The van der Waals surface area contributed by atoms with Gasteiger partial charge in [-0.1, -0.05) is 30.3 Å².